The standard InChI is InChI=1S/C19H23N3O5S2/c1-2-4-15-7-9-17(10-8-15)28(24,25)21-16-5-3-6-18(13-16)29(26,27)22-12-11-20-19(23)14-22/h3,5-10,13,21H,2,4,11-12,14H2,1H3,(H,20,23). The van der Waals surface area contributed by atoms with Gasteiger partial charge in [-0.2, -0.15) is 4.31 Å². The summed E-state index contributed by atoms with van der Waals surface area (Å²) in [5.74, 6) is -0.372. The molecule has 0 bridgehead atoms. The van der Waals surface area contributed by atoms with E-state index in [4.69, 9.17) is 0 Å². The fourth-order valence-corrected chi connectivity index (χ4v) is 5.52. The zero-order chi connectivity index (χ0) is 21.1. The Labute approximate surface area is 171 Å². The number of anilines is 1. The van der Waals surface area contributed by atoms with Gasteiger partial charge in [-0.15, -0.1) is 0 Å². The molecule has 1 aliphatic rings. The fourth-order valence-electron chi connectivity index (χ4n) is 3.03. The van der Waals surface area contributed by atoms with Crippen LogP contribution in [0.2, 0.25) is 0 Å². The first kappa shape index (κ1) is 21.3. The van der Waals surface area contributed by atoms with Crippen molar-refractivity contribution in [2.24, 2.45) is 0 Å². The number of carbonyl (C=O) groups excluding carboxylic acids is 1. The summed E-state index contributed by atoms with van der Waals surface area (Å²) < 4.78 is 54.4. The minimum Gasteiger partial charge on any atom is -0.354 e. The van der Waals surface area contributed by atoms with Crippen molar-refractivity contribution in [1.82, 2.24) is 9.62 Å². The third kappa shape index (κ3) is 4.95. The van der Waals surface area contributed by atoms with Gasteiger partial charge in [0.2, 0.25) is 15.9 Å². The molecular weight excluding hydrogens is 414 g/mol. The SMILES string of the molecule is CCCc1ccc(S(=O)(=O)Nc2cccc(S(=O)(=O)N3CCNC(=O)C3)c2)cc1. The van der Waals surface area contributed by atoms with Gasteiger partial charge < -0.3 is 5.32 Å². The van der Waals surface area contributed by atoms with Crippen LogP contribution >= 0.6 is 0 Å². The maximum Gasteiger partial charge on any atom is 0.261 e. The van der Waals surface area contributed by atoms with E-state index in [1.165, 1.54) is 36.4 Å². The Kier molecular flexibility index (Phi) is 6.25. The average molecular weight is 438 g/mol. The monoisotopic (exact) mass is 437 g/mol. The van der Waals surface area contributed by atoms with Crippen molar-refractivity contribution < 1.29 is 21.6 Å². The van der Waals surface area contributed by atoms with E-state index in [1.807, 2.05) is 6.92 Å². The summed E-state index contributed by atoms with van der Waals surface area (Å²) in [4.78, 5) is 11.5. The molecular formula is C19H23N3O5S2. The van der Waals surface area contributed by atoms with Gasteiger partial charge in [0, 0.05) is 13.1 Å². The predicted octanol–water partition coefficient (Wildman–Crippen LogP) is 1.56. The van der Waals surface area contributed by atoms with E-state index in [9.17, 15) is 21.6 Å². The minimum atomic E-state index is -3.91. The van der Waals surface area contributed by atoms with Crippen molar-refractivity contribution in [1.29, 1.82) is 0 Å². The molecule has 156 valence electrons. The lowest BCUT2D eigenvalue weighted by Gasteiger charge is -2.26. The van der Waals surface area contributed by atoms with E-state index in [0.29, 0.717) is 0 Å². The lowest BCUT2D eigenvalue weighted by molar-refractivity contribution is -0.122. The molecule has 0 atom stereocenters. The fraction of sp³-hybridized carbons (Fsp3) is 0.316. The van der Waals surface area contributed by atoms with Gasteiger partial charge in [-0.25, -0.2) is 16.8 Å². The summed E-state index contributed by atoms with van der Waals surface area (Å²) in [6.07, 6.45) is 1.83. The number of benzene rings is 2. The largest absolute Gasteiger partial charge is 0.354 e. The van der Waals surface area contributed by atoms with E-state index >= 15 is 0 Å². The molecule has 2 aromatic carbocycles. The van der Waals surface area contributed by atoms with Crippen molar-refractivity contribution >= 4 is 31.6 Å². The first-order valence-corrected chi connectivity index (χ1v) is 12.1. The Morgan fingerprint density at radius 3 is 2.41 bits per heavy atom. The zero-order valence-corrected chi connectivity index (χ0v) is 17.6. The molecule has 1 aliphatic heterocycles. The second-order valence-corrected chi connectivity index (χ2v) is 10.3. The molecule has 1 saturated heterocycles. The summed E-state index contributed by atoms with van der Waals surface area (Å²) >= 11 is 0. The summed E-state index contributed by atoms with van der Waals surface area (Å²) in [5, 5.41) is 2.57. The van der Waals surface area contributed by atoms with E-state index in [2.05, 4.69) is 10.0 Å². The van der Waals surface area contributed by atoms with Crippen molar-refractivity contribution in [3.8, 4) is 0 Å². The molecule has 1 heterocycles. The number of carbonyl (C=O) groups is 1. The smallest absolute Gasteiger partial charge is 0.261 e. The molecule has 0 unspecified atom stereocenters. The Morgan fingerprint density at radius 1 is 1.03 bits per heavy atom. The number of amides is 1. The molecule has 10 heteroatoms. The van der Waals surface area contributed by atoms with Gasteiger partial charge in [0.15, 0.2) is 0 Å². The summed E-state index contributed by atoms with van der Waals surface area (Å²) in [6.45, 7) is 2.18. The lowest BCUT2D eigenvalue weighted by Crippen LogP contribution is -2.49. The Morgan fingerprint density at radius 2 is 1.76 bits per heavy atom. The maximum atomic E-state index is 12.8. The van der Waals surface area contributed by atoms with Crippen LogP contribution in [0.25, 0.3) is 0 Å². The van der Waals surface area contributed by atoms with E-state index in [1.54, 1.807) is 12.1 Å². The maximum absolute atomic E-state index is 12.8. The molecule has 29 heavy (non-hydrogen) atoms. The van der Waals surface area contributed by atoms with Gasteiger partial charge in [-0.05, 0) is 42.3 Å². The number of nitrogens with zero attached hydrogens (tertiary/aromatic N) is 1. The summed E-state index contributed by atoms with van der Waals surface area (Å²) in [5.41, 5.74) is 1.18. The predicted molar refractivity (Wildman–Crippen MR) is 109 cm³/mol. The van der Waals surface area contributed by atoms with E-state index < -0.39 is 20.0 Å². The normalized spacial score (nSPS) is 15.7. The summed E-state index contributed by atoms with van der Waals surface area (Å²) in [7, 11) is -7.78. The van der Waals surface area contributed by atoms with Crippen LogP contribution in [0.4, 0.5) is 5.69 Å². The number of hydrogen-bond acceptors (Lipinski definition) is 5. The second-order valence-electron chi connectivity index (χ2n) is 6.72. The molecule has 2 N–H and O–H groups in total. The van der Waals surface area contributed by atoms with Crippen LogP contribution in [-0.4, -0.2) is 46.7 Å². The Balaban J connectivity index is 1.82. The van der Waals surface area contributed by atoms with Crippen LogP contribution in [0.3, 0.4) is 0 Å². The Bertz CT molecular complexity index is 1100. The van der Waals surface area contributed by atoms with Crippen molar-refractivity contribution in [3.05, 3.63) is 54.1 Å². The van der Waals surface area contributed by atoms with Crippen LogP contribution in [-0.2, 0) is 31.3 Å². The summed E-state index contributed by atoms with van der Waals surface area (Å²) in [6, 6.07) is 12.1. The van der Waals surface area contributed by atoms with E-state index in [0.717, 1.165) is 22.7 Å². The average Bonchev–Trinajstić information content (AvgIpc) is 2.68. The van der Waals surface area contributed by atoms with Crippen molar-refractivity contribution in [3.63, 3.8) is 0 Å². The highest BCUT2D eigenvalue weighted by Crippen LogP contribution is 2.23. The van der Waals surface area contributed by atoms with Gasteiger partial charge in [0.25, 0.3) is 10.0 Å². The molecule has 0 aliphatic carbocycles. The van der Waals surface area contributed by atoms with Crippen LogP contribution in [0.5, 0.6) is 0 Å². The number of sulfonamides is 2. The molecule has 0 saturated carbocycles. The van der Waals surface area contributed by atoms with Gasteiger partial charge in [-0.3, -0.25) is 9.52 Å². The number of piperazine rings is 1. The van der Waals surface area contributed by atoms with E-state index in [-0.39, 0.29) is 41.0 Å². The highest BCUT2D eigenvalue weighted by Gasteiger charge is 2.29. The van der Waals surface area contributed by atoms with Crippen LogP contribution in [0.15, 0.2) is 58.3 Å². The van der Waals surface area contributed by atoms with Gasteiger partial charge >= 0.3 is 0 Å². The first-order valence-electron chi connectivity index (χ1n) is 9.21. The number of nitrogens with one attached hydrogen (secondary N) is 2. The lowest BCUT2D eigenvalue weighted by atomic mass is 10.1. The van der Waals surface area contributed by atoms with Crippen molar-refractivity contribution in [2.45, 2.75) is 29.6 Å². The molecule has 1 fully saturated rings. The third-order valence-electron chi connectivity index (χ3n) is 4.50. The van der Waals surface area contributed by atoms with Crippen LogP contribution in [0.1, 0.15) is 18.9 Å². The second kappa shape index (κ2) is 8.52. The highest BCUT2D eigenvalue weighted by atomic mass is 32.2. The molecule has 8 nitrogen and oxygen atoms in total. The van der Waals surface area contributed by atoms with Crippen molar-refractivity contribution in [2.75, 3.05) is 24.4 Å². The minimum absolute atomic E-state index is 0.0781. The van der Waals surface area contributed by atoms with Gasteiger partial charge in [0.05, 0.1) is 22.0 Å². The first-order chi connectivity index (χ1) is 13.7. The van der Waals surface area contributed by atoms with Crippen LogP contribution < -0.4 is 10.0 Å². The van der Waals surface area contributed by atoms with Gasteiger partial charge in [0.1, 0.15) is 0 Å². The zero-order valence-electron chi connectivity index (χ0n) is 16.0. The number of aryl methyl sites for hydroxylation is 1. The Hall–Kier alpha value is -2.43. The molecule has 3 rings (SSSR count). The van der Waals surface area contributed by atoms with Gasteiger partial charge in [-0.1, -0.05) is 31.5 Å². The van der Waals surface area contributed by atoms with Crippen LogP contribution in [0, 0.1) is 0 Å². The molecule has 2 aromatic rings. The highest BCUT2D eigenvalue weighted by molar-refractivity contribution is 7.92. The molecule has 0 aromatic heterocycles. The quantitative estimate of drug-likeness (QED) is 0.683. The topological polar surface area (TPSA) is 113 Å². The third-order valence-corrected chi connectivity index (χ3v) is 7.74. The molecule has 0 radical (unpaired) electrons. The number of hydrogen-bond donors (Lipinski definition) is 2. The molecule has 1 amide bonds. The molecule has 0 spiro atoms. The number of rotatable bonds is 7.